The number of aromatic carboxylic acids is 1. The van der Waals surface area contributed by atoms with Crippen LogP contribution in [0.2, 0.25) is 0 Å². The maximum absolute atomic E-state index is 11.9. The van der Waals surface area contributed by atoms with Gasteiger partial charge in [-0.15, -0.1) is 0 Å². The third-order valence-electron chi connectivity index (χ3n) is 3.18. The molecule has 0 fully saturated rings. The van der Waals surface area contributed by atoms with E-state index in [1.807, 2.05) is 6.92 Å². The standard InChI is InChI=1S/C16H16N2O3/c1-11-4-5-12(16(20)21)7-14(11)9-18-10-15(19)13-3-2-6-17-8-13/h2-8,18H,9-10H2,1H3,(H,20,21). The van der Waals surface area contributed by atoms with Gasteiger partial charge in [0, 0.05) is 24.5 Å². The number of carboxylic acids is 1. The van der Waals surface area contributed by atoms with E-state index in [9.17, 15) is 9.59 Å². The maximum atomic E-state index is 11.9. The highest BCUT2D eigenvalue weighted by molar-refractivity contribution is 5.97. The summed E-state index contributed by atoms with van der Waals surface area (Å²) in [5, 5.41) is 12.0. The van der Waals surface area contributed by atoms with E-state index in [2.05, 4.69) is 10.3 Å². The Kier molecular flexibility index (Phi) is 4.79. The first-order valence-electron chi connectivity index (χ1n) is 6.54. The van der Waals surface area contributed by atoms with Crippen molar-refractivity contribution in [3.05, 3.63) is 65.0 Å². The molecule has 0 aliphatic carbocycles. The first-order chi connectivity index (χ1) is 10.1. The third-order valence-corrected chi connectivity index (χ3v) is 3.18. The van der Waals surface area contributed by atoms with Crippen LogP contribution in [0.3, 0.4) is 0 Å². The number of pyridine rings is 1. The molecule has 1 aromatic heterocycles. The average molecular weight is 284 g/mol. The van der Waals surface area contributed by atoms with Crippen molar-refractivity contribution in [3.8, 4) is 0 Å². The van der Waals surface area contributed by atoms with Gasteiger partial charge in [-0.25, -0.2) is 4.79 Å². The number of nitrogens with one attached hydrogen (secondary N) is 1. The monoisotopic (exact) mass is 284 g/mol. The molecular formula is C16H16N2O3. The minimum atomic E-state index is -0.956. The third kappa shape index (κ3) is 3.97. The van der Waals surface area contributed by atoms with E-state index in [0.717, 1.165) is 11.1 Å². The lowest BCUT2D eigenvalue weighted by Crippen LogP contribution is -2.23. The van der Waals surface area contributed by atoms with Gasteiger partial charge in [0.2, 0.25) is 0 Å². The molecule has 0 radical (unpaired) electrons. The Morgan fingerprint density at radius 1 is 1.24 bits per heavy atom. The minimum absolute atomic E-state index is 0.0462. The van der Waals surface area contributed by atoms with E-state index >= 15 is 0 Å². The highest BCUT2D eigenvalue weighted by Crippen LogP contribution is 2.11. The number of hydrogen-bond acceptors (Lipinski definition) is 4. The second-order valence-corrected chi connectivity index (χ2v) is 4.71. The lowest BCUT2D eigenvalue weighted by atomic mass is 10.0. The van der Waals surface area contributed by atoms with Crippen molar-refractivity contribution in [1.82, 2.24) is 10.3 Å². The van der Waals surface area contributed by atoms with Crippen LogP contribution in [0.1, 0.15) is 31.8 Å². The molecule has 2 rings (SSSR count). The zero-order valence-corrected chi connectivity index (χ0v) is 11.7. The van der Waals surface area contributed by atoms with Gasteiger partial charge in [0.15, 0.2) is 5.78 Å². The summed E-state index contributed by atoms with van der Waals surface area (Å²) in [4.78, 5) is 26.8. The fraction of sp³-hybridized carbons (Fsp3) is 0.188. The second-order valence-electron chi connectivity index (χ2n) is 4.71. The summed E-state index contributed by atoms with van der Waals surface area (Å²) in [6.45, 7) is 2.53. The normalized spacial score (nSPS) is 10.3. The number of carboxylic acid groups (broad SMARTS) is 1. The Morgan fingerprint density at radius 3 is 2.71 bits per heavy atom. The highest BCUT2D eigenvalue weighted by atomic mass is 16.4. The summed E-state index contributed by atoms with van der Waals surface area (Å²) in [6.07, 6.45) is 3.14. The number of aryl methyl sites for hydroxylation is 1. The predicted octanol–water partition coefficient (Wildman–Crippen LogP) is 2.06. The van der Waals surface area contributed by atoms with Crippen molar-refractivity contribution in [1.29, 1.82) is 0 Å². The number of carbonyl (C=O) groups excluding carboxylic acids is 1. The number of nitrogens with zero attached hydrogens (tertiary/aromatic N) is 1. The van der Waals surface area contributed by atoms with Gasteiger partial charge in [0.1, 0.15) is 0 Å². The van der Waals surface area contributed by atoms with Gasteiger partial charge in [-0.05, 0) is 42.3 Å². The van der Waals surface area contributed by atoms with Gasteiger partial charge >= 0.3 is 5.97 Å². The van der Waals surface area contributed by atoms with E-state index < -0.39 is 5.97 Å². The molecule has 5 heteroatoms. The van der Waals surface area contributed by atoms with E-state index in [1.54, 1.807) is 36.5 Å². The highest BCUT2D eigenvalue weighted by Gasteiger charge is 2.08. The molecule has 0 bridgehead atoms. The Hall–Kier alpha value is -2.53. The summed E-state index contributed by atoms with van der Waals surface area (Å²) in [7, 11) is 0. The first kappa shape index (κ1) is 14.9. The van der Waals surface area contributed by atoms with Crippen LogP contribution in [-0.4, -0.2) is 28.4 Å². The molecule has 0 spiro atoms. The molecule has 0 saturated heterocycles. The lowest BCUT2D eigenvalue weighted by Gasteiger charge is -2.08. The van der Waals surface area contributed by atoms with Crippen molar-refractivity contribution in [2.45, 2.75) is 13.5 Å². The van der Waals surface area contributed by atoms with Crippen molar-refractivity contribution in [2.24, 2.45) is 0 Å². The largest absolute Gasteiger partial charge is 0.478 e. The van der Waals surface area contributed by atoms with Crippen molar-refractivity contribution in [3.63, 3.8) is 0 Å². The van der Waals surface area contributed by atoms with Crippen LogP contribution in [0.25, 0.3) is 0 Å². The Labute approximate surface area is 122 Å². The molecule has 21 heavy (non-hydrogen) atoms. The van der Waals surface area contributed by atoms with Crippen LogP contribution in [0.5, 0.6) is 0 Å². The molecule has 5 nitrogen and oxygen atoms in total. The number of benzene rings is 1. The van der Waals surface area contributed by atoms with Crippen molar-refractivity contribution in [2.75, 3.05) is 6.54 Å². The summed E-state index contributed by atoms with van der Waals surface area (Å²) >= 11 is 0. The molecule has 0 unspecified atom stereocenters. The predicted molar refractivity (Wildman–Crippen MR) is 78.4 cm³/mol. The van der Waals surface area contributed by atoms with Gasteiger partial charge in [0.25, 0.3) is 0 Å². The Bertz CT molecular complexity index is 654. The summed E-state index contributed by atoms with van der Waals surface area (Å²) < 4.78 is 0. The molecule has 0 aliphatic rings. The molecule has 1 aromatic carbocycles. The van der Waals surface area contributed by atoms with E-state index in [4.69, 9.17) is 5.11 Å². The van der Waals surface area contributed by atoms with E-state index in [-0.39, 0.29) is 17.9 Å². The number of rotatable bonds is 6. The molecule has 1 heterocycles. The maximum Gasteiger partial charge on any atom is 0.335 e. The van der Waals surface area contributed by atoms with Crippen molar-refractivity contribution < 1.29 is 14.7 Å². The number of hydrogen-bond donors (Lipinski definition) is 2. The number of Topliss-reactive ketones (excluding diaryl/α,β-unsaturated/α-hetero) is 1. The van der Waals surface area contributed by atoms with Crippen LogP contribution in [0.4, 0.5) is 0 Å². The molecule has 0 atom stereocenters. The summed E-state index contributed by atoms with van der Waals surface area (Å²) in [5.74, 6) is -1.00. The molecule has 2 aromatic rings. The van der Waals surface area contributed by atoms with Crippen LogP contribution in [0.15, 0.2) is 42.7 Å². The Morgan fingerprint density at radius 2 is 2.05 bits per heavy atom. The zero-order chi connectivity index (χ0) is 15.2. The van der Waals surface area contributed by atoms with Gasteiger partial charge < -0.3 is 10.4 Å². The molecule has 108 valence electrons. The molecule has 2 N–H and O–H groups in total. The first-order valence-corrected chi connectivity index (χ1v) is 6.54. The second kappa shape index (κ2) is 6.76. The number of ketones is 1. The van der Waals surface area contributed by atoms with Gasteiger partial charge in [0.05, 0.1) is 12.1 Å². The van der Waals surface area contributed by atoms with Crippen molar-refractivity contribution >= 4 is 11.8 Å². The zero-order valence-electron chi connectivity index (χ0n) is 11.7. The van der Waals surface area contributed by atoms with E-state index in [0.29, 0.717) is 12.1 Å². The minimum Gasteiger partial charge on any atom is -0.478 e. The topological polar surface area (TPSA) is 79.3 Å². The van der Waals surface area contributed by atoms with Crippen LogP contribution in [-0.2, 0) is 6.54 Å². The van der Waals surface area contributed by atoms with Crippen LogP contribution < -0.4 is 5.32 Å². The molecule has 0 aliphatic heterocycles. The SMILES string of the molecule is Cc1ccc(C(=O)O)cc1CNCC(=O)c1cccnc1. The van der Waals surface area contributed by atoms with Gasteiger partial charge in [-0.2, -0.15) is 0 Å². The van der Waals surface area contributed by atoms with E-state index in [1.165, 1.54) is 6.20 Å². The van der Waals surface area contributed by atoms with Crippen LogP contribution >= 0.6 is 0 Å². The van der Waals surface area contributed by atoms with Gasteiger partial charge in [-0.1, -0.05) is 6.07 Å². The lowest BCUT2D eigenvalue weighted by molar-refractivity contribution is 0.0696. The quantitative estimate of drug-likeness (QED) is 0.794. The molecule has 0 saturated carbocycles. The number of aromatic nitrogens is 1. The molecular weight excluding hydrogens is 268 g/mol. The summed E-state index contributed by atoms with van der Waals surface area (Å²) in [5.41, 5.74) is 2.66. The fourth-order valence-electron chi connectivity index (χ4n) is 1.94. The molecule has 0 amide bonds. The number of carbonyl (C=O) groups is 2. The fourth-order valence-corrected chi connectivity index (χ4v) is 1.94. The summed E-state index contributed by atoms with van der Waals surface area (Å²) in [6, 6.07) is 8.39. The smallest absolute Gasteiger partial charge is 0.335 e. The average Bonchev–Trinajstić information content (AvgIpc) is 2.49. The van der Waals surface area contributed by atoms with Crippen LogP contribution in [0, 0.1) is 6.92 Å². The Balaban J connectivity index is 1.96. The van der Waals surface area contributed by atoms with Gasteiger partial charge in [-0.3, -0.25) is 9.78 Å².